The van der Waals surface area contributed by atoms with Gasteiger partial charge in [0.25, 0.3) is 0 Å². The van der Waals surface area contributed by atoms with E-state index in [1.165, 1.54) is 11.8 Å². The molecule has 0 saturated carbocycles. The predicted octanol–water partition coefficient (Wildman–Crippen LogP) is 6.32. The summed E-state index contributed by atoms with van der Waals surface area (Å²) in [6, 6.07) is 12.6. The van der Waals surface area contributed by atoms with Gasteiger partial charge in [-0.15, -0.1) is 21.8 Å². The number of hydrogen-bond acceptors (Lipinski definition) is 5. The molecule has 1 atom stereocenters. The Kier molecular flexibility index (Phi) is 8.56. The molecule has 0 aliphatic rings. The first-order valence-corrected chi connectivity index (χ1v) is 12.5. The Morgan fingerprint density at radius 1 is 1.21 bits per heavy atom. The maximum absolute atomic E-state index is 12.7. The minimum absolute atomic E-state index is 0.178. The van der Waals surface area contributed by atoms with Crippen molar-refractivity contribution in [2.45, 2.75) is 37.7 Å². The molecule has 1 aromatic heterocycles. The van der Waals surface area contributed by atoms with E-state index < -0.39 is 11.5 Å². The molecule has 10 heteroatoms. The van der Waals surface area contributed by atoms with E-state index in [4.69, 9.17) is 39.5 Å². The molecule has 0 spiro atoms. The van der Waals surface area contributed by atoms with Gasteiger partial charge in [-0.1, -0.05) is 47.1 Å². The van der Waals surface area contributed by atoms with Crippen LogP contribution in [0.25, 0.3) is 5.69 Å². The summed E-state index contributed by atoms with van der Waals surface area (Å²) in [6.45, 7) is 5.42. The maximum Gasteiger partial charge on any atom is 0.227 e. The van der Waals surface area contributed by atoms with Crippen molar-refractivity contribution in [3.63, 3.8) is 0 Å². The third-order valence-electron chi connectivity index (χ3n) is 4.99. The highest BCUT2D eigenvalue weighted by Crippen LogP contribution is 2.33. The fourth-order valence-corrected chi connectivity index (χ4v) is 4.35. The predicted molar refractivity (Wildman–Crippen MR) is 135 cm³/mol. The lowest BCUT2D eigenvalue weighted by atomic mass is 9.95. The fourth-order valence-electron chi connectivity index (χ4n) is 2.97. The van der Waals surface area contributed by atoms with E-state index in [0.717, 1.165) is 11.3 Å². The van der Waals surface area contributed by atoms with E-state index in [1.807, 2.05) is 35.8 Å². The standard InChI is InChI=1S/C23H25Cl3N4O2S/c1-14(27-21(31)23(2,3)13-24)20-28-29-22(30(20)19-11-16(25)8-9-18(19)26)33-12-15-6-5-7-17(10-15)32-4/h5-11,14H,12-13H2,1-4H3,(H,27,31). The van der Waals surface area contributed by atoms with Gasteiger partial charge in [-0.05, 0) is 56.7 Å². The van der Waals surface area contributed by atoms with Crippen molar-refractivity contribution in [1.29, 1.82) is 0 Å². The van der Waals surface area contributed by atoms with E-state index in [-0.39, 0.29) is 11.8 Å². The van der Waals surface area contributed by atoms with Crippen LogP contribution in [0, 0.1) is 5.41 Å². The first-order chi connectivity index (χ1) is 15.7. The summed E-state index contributed by atoms with van der Waals surface area (Å²) >= 11 is 20.3. The molecule has 0 bridgehead atoms. The topological polar surface area (TPSA) is 69.0 Å². The van der Waals surface area contributed by atoms with Gasteiger partial charge >= 0.3 is 0 Å². The zero-order chi connectivity index (χ0) is 24.2. The third-order valence-corrected chi connectivity index (χ3v) is 7.22. The summed E-state index contributed by atoms with van der Waals surface area (Å²) < 4.78 is 7.14. The molecule has 3 rings (SSSR count). The van der Waals surface area contributed by atoms with Crippen LogP contribution >= 0.6 is 46.6 Å². The highest BCUT2D eigenvalue weighted by Gasteiger charge is 2.30. The van der Waals surface area contributed by atoms with Gasteiger partial charge in [0.1, 0.15) is 5.75 Å². The molecule has 0 saturated heterocycles. The van der Waals surface area contributed by atoms with E-state index in [0.29, 0.717) is 32.5 Å². The van der Waals surface area contributed by atoms with Crippen LogP contribution in [0.15, 0.2) is 47.6 Å². The Bertz CT molecular complexity index is 1140. The quantitative estimate of drug-likeness (QED) is 0.261. The highest BCUT2D eigenvalue weighted by molar-refractivity contribution is 7.98. The van der Waals surface area contributed by atoms with Crippen LogP contribution in [0.4, 0.5) is 0 Å². The first-order valence-electron chi connectivity index (χ1n) is 10.2. The largest absolute Gasteiger partial charge is 0.497 e. The monoisotopic (exact) mass is 526 g/mol. The number of amides is 1. The second-order valence-electron chi connectivity index (χ2n) is 8.12. The second-order valence-corrected chi connectivity index (χ2v) is 10.2. The van der Waals surface area contributed by atoms with Crippen LogP contribution in [0.5, 0.6) is 5.75 Å². The Morgan fingerprint density at radius 3 is 2.67 bits per heavy atom. The molecule has 3 aromatic rings. The van der Waals surface area contributed by atoms with E-state index in [2.05, 4.69) is 15.5 Å². The Hall–Kier alpha value is -1.93. The molecule has 1 heterocycles. The van der Waals surface area contributed by atoms with Crippen LogP contribution in [0.2, 0.25) is 10.0 Å². The maximum atomic E-state index is 12.7. The second kappa shape index (κ2) is 11.0. The molecule has 2 aromatic carbocycles. The van der Waals surface area contributed by atoms with Gasteiger partial charge in [-0.25, -0.2) is 0 Å². The molecular formula is C23H25Cl3N4O2S. The minimum atomic E-state index is -0.724. The number of halogens is 3. The number of aromatic nitrogens is 3. The lowest BCUT2D eigenvalue weighted by Gasteiger charge is -2.24. The summed E-state index contributed by atoms with van der Waals surface area (Å²) in [5.41, 5.74) is 0.978. The summed E-state index contributed by atoms with van der Waals surface area (Å²) in [5, 5.41) is 13.4. The van der Waals surface area contributed by atoms with Crippen LogP contribution < -0.4 is 10.1 Å². The number of rotatable bonds is 9. The lowest BCUT2D eigenvalue weighted by molar-refractivity contribution is -0.129. The number of nitrogens with zero attached hydrogens (tertiary/aromatic N) is 3. The molecule has 0 aliphatic heterocycles. The van der Waals surface area contributed by atoms with Gasteiger partial charge in [0, 0.05) is 16.7 Å². The van der Waals surface area contributed by atoms with Crippen molar-refractivity contribution in [1.82, 2.24) is 20.1 Å². The molecule has 0 radical (unpaired) electrons. The van der Waals surface area contributed by atoms with Gasteiger partial charge in [-0.2, -0.15) is 0 Å². The van der Waals surface area contributed by atoms with Crippen LogP contribution in [0.3, 0.4) is 0 Å². The van der Waals surface area contributed by atoms with Crippen LogP contribution in [-0.2, 0) is 10.5 Å². The fraction of sp³-hybridized carbons (Fsp3) is 0.348. The van der Waals surface area contributed by atoms with Crippen molar-refractivity contribution in [2.24, 2.45) is 5.41 Å². The van der Waals surface area contributed by atoms with Gasteiger partial charge in [-0.3, -0.25) is 9.36 Å². The summed E-state index contributed by atoms with van der Waals surface area (Å²) in [7, 11) is 1.64. The molecule has 1 N–H and O–H groups in total. The highest BCUT2D eigenvalue weighted by atomic mass is 35.5. The van der Waals surface area contributed by atoms with Crippen LogP contribution in [-0.4, -0.2) is 33.7 Å². The molecule has 33 heavy (non-hydrogen) atoms. The number of carbonyl (C=O) groups is 1. The Balaban J connectivity index is 1.97. The molecule has 176 valence electrons. The van der Waals surface area contributed by atoms with Gasteiger partial charge < -0.3 is 10.1 Å². The van der Waals surface area contributed by atoms with Crippen LogP contribution in [0.1, 0.15) is 38.2 Å². The summed E-state index contributed by atoms with van der Waals surface area (Å²) in [5.74, 6) is 1.97. The molecular weight excluding hydrogens is 503 g/mol. The van der Waals surface area contributed by atoms with Crippen molar-refractivity contribution >= 4 is 52.5 Å². The normalized spacial score (nSPS) is 12.5. The number of nitrogens with one attached hydrogen (secondary N) is 1. The Morgan fingerprint density at radius 2 is 1.97 bits per heavy atom. The molecule has 6 nitrogen and oxygen atoms in total. The van der Waals surface area contributed by atoms with Gasteiger partial charge in [0.2, 0.25) is 5.91 Å². The van der Waals surface area contributed by atoms with E-state index >= 15 is 0 Å². The van der Waals surface area contributed by atoms with Gasteiger partial charge in [0.15, 0.2) is 11.0 Å². The number of benzene rings is 2. The average Bonchev–Trinajstić information content (AvgIpc) is 3.23. The van der Waals surface area contributed by atoms with Crippen molar-refractivity contribution in [2.75, 3.05) is 13.0 Å². The zero-order valence-corrected chi connectivity index (χ0v) is 21.8. The SMILES string of the molecule is COc1cccc(CSc2nnc(C(C)NC(=O)C(C)(C)CCl)n2-c2cc(Cl)ccc2Cl)c1. The number of thioether (sulfide) groups is 1. The van der Waals surface area contributed by atoms with Crippen molar-refractivity contribution in [3.05, 3.63) is 63.9 Å². The molecule has 0 aliphatic carbocycles. The Labute approximate surface area is 213 Å². The van der Waals surface area contributed by atoms with E-state index in [9.17, 15) is 4.79 Å². The zero-order valence-electron chi connectivity index (χ0n) is 18.7. The van der Waals surface area contributed by atoms with Crippen molar-refractivity contribution < 1.29 is 9.53 Å². The molecule has 1 unspecified atom stereocenters. The first kappa shape index (κ1) is 25.7. The number of carbonyl (C=O) groups excluding carboxylic acids is 1. The number of methoxy groups -OCH3 is 1. The van der Waals surface area contributed by atoms with Gasteiger partial charge in [0.05, 0.1) is 29.3 Å². The van der Waals surface area contributed by atoms with Crippen molar-refractivity contribution in [3.8, 4) is 11.4 Å². The minimum Gasteiger partial charge on any atom is -0.497 e. The third kappa shape index (κ3) is 6.15. The smallest absolute Gasteiger partial charge is 0.227 e. The molecule has 1 amide bonds. The number of ether oxygens (including phenoxy) is 1. The summed E-state index contributed by atoms with van der Waals surface area (Å²) in [6.07, 6.45) is 0. The average molecular weight is 528 g/mol. The van der Waals surface area contributed by atoms with E-state index in [1.54, 1.807) is 39.2 Å². The number of alkyl halides is 1. The summed E-state index contributed by atoms with van der Waals surface area (Å²) in [4.78, 5) is 12.7. The molecule has 0 fully saturated rings. The lowest BCUT2D eigenvalue weighted by Crippen LogP contribution is -2.40. The number of hydrogen-bond donors (Lipinski definition) is 1.